The van der Waals surface area contributed by atoms with Crippen LogP contribution in [0.5, 0.6) is 0 Å². The first kappa shape index (κ1) is 26.5. The molecule has 1 aromatic carbocycles. The summed E-state index contributed by atoms with van der Waals surface area (Å²) in [5.41, 5.74) is 7.37. The monoisotopic (exact) mass is 496 g/mol. The van der Waals surface area contributed by atoms with Crippen molar-refractivity contribution >= 4 is 24.4 Å². The Kier molecular flexibility index (Phi) is 9.37. The van der Waals surface area contributed by atoms with Gasteiger partial charge in [0.15, 0.2) is 0 Å². The van der Waals surface area contributed by atoms with Gasteiger partial charge in [-0.2, -0.15) is 0 Å². The molecule has 0 saturated carbocycles. The number of allylic oxidation sites excluding steroid dienone is 3. The van der Waals surface area contributed by atoms with Crippen molar-refractivity contribution in [2.75, 3.05) is 25.1 Å². The molecule has 10 nitrogen and oxygen atoms in total. The molecule has 0 spiro atoms. The van der Waals surface area contributed by atoms with Gasteiger partial charge in [-0.1, -0.05) is 13.0 Å². The van der Waals surface area contributed by atoms with Gasteiger partial charge in [-0.05, 0) is 54.3 Å². The van der Waals surface area contributed by atoms with Crippen LogP contribution in [0.15, 0.2) is 52.6 Å². The van der Waals surface area contributed by atoms with E-state index in [1.165, 1.54) is 0 Å². The molecule has 7 atom stereocenters. The number of amides is 1. The van der Waals surface area contributed by atoms with Gasteiger partial charge in [0.25, 0.3) is 0 Å². The third-order valence-corrected chi connectivity index (χ3v) is 6.32. The van der Waals surface area contributed by atoms with Crippen molar-refractivity contribution in [1.82, 2.24) is 0 Å². The van der Waals surface area contributed by atoms with E-state index in [1.807, 2.05) is 6.92 Å². The first-order valence-electron chi connectivity index (χ1n) is 11.0. The van der Waals surface area contributed by atoms with Gasteiger partial charge in [0, 0.05) is 17.0 Å². The van der Waals surface area contributed by atoms with Crippen molar-refractivity contribution in [3.63, 3.8) is 0 Å². The number of anilines is 1. The lowest BCUT2D eigenvalue weighted by Crippen LogP contribution is -2.59. The average molecular weight is 497 g/mol. The number of benzene rings is 1. The standard InChI is InChI=1S/C23H32N2O8S/c1-12-8-15(32-22-21(29)20(28)19(27)18(10-26)33-22)5-2-13(17(12)9-24)11-31-23(30)25-14-3-6-16(34)7-4-14/h2-7,12,17-22,26-29,34H,8-11,24H2,1H3,(H,25,30)/t12?,17?,18?,19-,20?,21-,22+/m0/s1. The predicted molar refractivity (Wildman–Crippen MR) is 126 cm³/mol. The molecule has 1 saturated heterocycles. The number of carbonyl (C=O) groups excluding carboxylic acids is 1. The van der Waals surface area contributed by atoms with Gasteiger partial charge in [-0.25, -0.2) is 4.79 Å². The molecule has 7 N–H and O–H groups in total. The van der Waals surface area contributed by atoms with Crippen molar-refractivity contribution in [3.05, 3.63) is 47.7 Å². The fraction of sp³-hybridized carbons (Fsp3) is 0.522. The molecule has 1 aliphatic heterocycles. The van der Waals surface area contributed by atoms with E-state index in [0.717, 1.165) is 10.5 Å². The molecule has 1 amide bonds. The van der Waals surface area contributed by atoms with Crippen molar-refractivity contribution in [2.45, 2.75) is 48.9 Å². The van der Waals surface area contributed by atoms with Crippen LogP contribution in [0.2, 0.25) is 0 Å². The molecule has 3 rings (SSSR count). The van der Waals surface area contributed by atoms with Crippen LogP contribution < -0.4 is 11.1 Å². The molecule has 1 heterocycles. The fourth-order valence-corrected chi connectivity index (χ4v) is 4.15. The number of hydrogen-bond acceptors (Lipinski definition) is 10. The number of carbonyl (C=O) groups is 1. The summed E-state index contributed by atoms with van der Waals surface area (Å²) in [5.74, 6) is 0.370. The number of aliphatic hydroxyl groups excluding tert-OH is 4. The van der Waals surface area contributed by atoms with Crippen LogP contribution in [0.4, 0.5) is 10.5 Å². The molecule has 1 aromatic rings. The van der Waals surface area contributed by atoms with Crippen molar-refractivity contribution in [1.29, 1.82) is 0 Å². The van der Waals surface area contributed by atoms with Gasteiger partial charge in [0.05, 0.1) is 12.4 Å². The number of hydrogen-bond donors (Lipinski definition) is 7. The Morgan fingerprint density at radius 1 is 1.18 bits per heavy atom. The maximum atomic E-state index is 12.2. The summed E-state index contributed by atoms with van der Waals surface area (Å²) in [6.07, 6.45) is -3.57. The van der Waals surface area contributed by atoms with Gasteiger partial charge in [0.2, 0.25) is 6.29 Å². The Morgan fingerprint density at radius 2 is 1.88 bits per heavy atom. The van der Waals surface area contributed by atoms with Crippen LogP contribution in [-0.4, -0.2) is 77.0 Å². The van der Waals surface area contributed by atoms with Crippen LogP contribution in [0.1, 0.15) is 13.3 Å². The highest BCUT2D eigenvalue weighted by molar-refractivity contribution is 7.80. The maximum Gasteiger partial charge on any atom is 0.411 e. The Morgan fingerprint density at radius 3 is 2.53 bits per heavy atom. The Bertz CT molecular complexity index is 891. The summed E-state index contributed by atoms with van der Waals surface area (Å²) < 4.78 is 16.6. The van der Waals surface area contributed by atoms with Crippen molar-refractivity contribution < 1.29 is 39.4 Å². The molecule has 188 valence electrons. The van der Waals surface area contributed by atoms with E-state index in [9.17, 15) is 25.2 Å². The van der Waals surface area contributed by atoms with Crippen molar-refractivity contribution in [3.8, 4) is 0 Å². The van der Waals surface area contributed by atoms with E-state index in [4.69, 9.17) is 19.9 Å². The van der Waals surface area contributed by atoms with E-state index < -0.39 is 43.4 Å². The molecule has 2 aliphatic rings. The lowest BCUT2D eigenvalue weighted by atomic mass is 9.86. The molecule has 34 heavy (non-hydrogen) atoms. The third kappa shape index (κ3) is 6.51. The molecule has 0 aromatic heterocycles. The van der Waals surface area contributed by atoms with E-state index in [-0.39, 0.29) is 18.4 Å². The Balaban J connectivity index is 1.66. The summed E-state index contributed by atoms with van der Waals surface area (Å²) >= 11 is 4.21. The quantitative estimate of drug-likeness (QED) is 0.270. The SMILES string of the molecule is CC1CC(O[C@@H]2OC(CO)[C@H](O)C(O)[C@@H]2O)=CC=C(COC(=O)Nc2ccc(S)cc2)C1CN. The second kappa shape index (κ2) is 12.0. The molecular weight excluding hydrogens is 464 g/mol. The van der Waals surface area contributed by atoms with Gasteiger partial charge < -0.3 is 40.4 Å². The van der Waals surface area contributed by atoms with Crippen LogP contribution >= 0.6 is 12.6 Å². The highest BCUT2D eigenvalue weighted by atomic mass is 32.1. The van der Waals surface area contributed by atoms with E-state index in [2.05, 4.69) is 17.9 Å². The first-order chi connectivity index (χ1) is 16.2. The van der Waals surface area contributed by atoms with E-state index in [0.29, 0.717) is 24.4 Å². The molecule has 0 bridgehead atoms. The molecule has 1 aliphatic carbocycles. The number of nitrogens with two attached hydrogens (primary N) is 1. The third-order valence-electron chi connectivity index (χ3n) is 6.02. The van der Waals surface area contributed by atoms with Gasteiger partial charge in [-0.15, -0.1) is 12.6 Å². The minimum absolute atomic E-state index is 0.00415. The number of aliphatic hydroxyl groups is 4. The minimum Gasteiger partial charge on any atom is -0.466 e. The normalized spacial score (nSPS) is 31.7. The average Bonchev–Trinajstić information content (AvgIpc) is 2.97. The zero-order chi connectivity index (χ0) is 24.8. The van der Waals surface area contributed by atoms with Crippen LogP contribution in [0, 0.1) is 11.8 Å². The first-order valence-corrected chi connectivity index (χ1v) is 11.5. The summed E-state index contributed by atoms with van der Waals surface area (Å²) in [5, 5.41) is 42.2. The largest absolute Gasteiger partial charge is 0.466 e. The Hall–Kier alpha value is -2.12. The molecular formula is C23H32N2O8S. The smallest absolute Gasteiger partial charge is 0.411 e. The molecule has 0 radical (unpaired) electrons. The summed E-state index contributed by atoms with van der Waals surface area (Å²) in [4.78, 5) is 13.0. The molecule has 11 heteroatoms. The fourth-order valence-electron chi connectivity index (χ4n) is 4.00. The molecule has 1 fully saturated rings. The van der Waals surface area contributed by atoms with Crippen LogP contribution in [0.3, 0.4) is 0 Å². The highest BCUT2D eigenvalue weighted by Gasteiger charge is 2.45. The zero-order valence-electron chi connectivity index (χ0n) is 18.8. The lowest BCUT2D eigenvalue weighted by molar-refractivity contribution is -0.292. The number of thiol groups is 1. The second-order valence-electron chi connectivity index (χ2n) is 8.46. The van der Waals surface area contributed by atoms with Gasteiger partial charge >= 0.3 is 6.09 Å². The number of ether oxygens (including phenoxy) is 3. The van der Waals surface area contributed by atoms with Crippen LogP contribution in [-0.2, 0) is 14.2 Å². The highest BCUT2D eigenvalue weighted by Crippen LogP contribution is 2.32. The lowest BCUT2D eigenvalue weighted by Gasteiger charge is -2.40. The predicted octanol–water partition coefficient (Wildman–Crippen LogP) is 0.765. The minimum atomic E-state index is -1.53. The maximum absolute atomic E-state index is 12.2. The molecule has 4 unspecified atom stereocenters. The van der Waals surface area contributed by atoms with Gasteiger partial charge in [-0.3, -0.25) is 5.32 Å². The second-order valence-corrected chi connectivity index (χ2v) is 8.98. The summed E-state index contributed by atoms with van der Waals surface area (Å²) in [7, 11) is 0. The van der Waals surface area contributed by atoms with Crippen LogP contribution in [0.25, 0.3) is 0 Å². The number of nitrogens with one attached hydrogen (secondary N) is 1. The summed E-state index contributed by atoms with van der Waals surface area (Å²) in [6, 6.07) is 6.93. The van der Waals surface area contributed by atoms with Crippen molar-refractivity contribution in [2.24, 2.45) is 17.6 Å². The summed E-state index contributed by atoms with van der Waals surface area (Å²) in [6.45, 7) is 1.77. The van der Waals surface area contributed by atoms with Gasteiger partial charge in [0.1, 0.15) is 31.0 Å². The topological polar surface area (TPSA) is 164 Å². The Labute approximate surface area is 203 Å². The number of rotatable bonds is 7. The van der Waals surface area contributed by atoms with E-state index >= 15 is 0 Å². The zero-order valence-corrected chi connectivity index (χ0v) is 19.7. The van der Waals surface area contributed by atoms with E-state index in [1.54, 1.807) is 36.4 Å².